The molecule has 3 fully saturated rings. The Hall–Kier alpha value is -1.17. The largest absolute Gasteiger partial charge is 0.460 e. The number of aliphatic hydroxyl groups excluding tert-OH is 1. The van der Waals surface area contributed by atoms with Crippen LogP contribution in [-0.2, 0) is 28.0 Å². The zero-order valence-corrected chi connectivity index (χ0v) is 15.9. The molecule has 0 radical (unpaired) electrons. The van der Waals surface area contributed by atoms with Crippen LogP contribution in [0.25, 0.3) is 0 Å². The molecule has 9 nitrogen and oxygen atoms in total. The van der Waals surface area contributed by atoms with Crippen LogP contribution in [0.2, 0.25) is 0 Å². The summed E-state index contributed by atoms with van der Waals surface area (Å²) >= 11 is 0. The van der Waals surface area contributed by atoms with Crippen molar-refractivity contribution in [2.24, 2.45) is 11.8 Å². The van der Waals surface area contributed by atoms with Crippen LogP contribution in [0.5, 0.6) is 0 Å². The lowest BCUT2D eigenvalue weighted by atomic mass is 9.94. The van der Waals surface area contributed by atoms with Gasteiger partial charge in [0, 0.05) is 23.8 Å². The van der Waals surface area contributed by atoms with E-state index in [0.29, 0.717) is 6.42 Å². The van der Waals surface area contributed by atoms with E-state index in [1.807, 2.05) is 0 Å². The molecule has 0 aromatic carbocycles. The van der Waals surface area contributed by atoms with Gasteiger partial charge in [-0.15, -0.1) is 0 Å². The van der Waals surface area contributed by atoms with Crippen molar-refractivity contribution in [1.82, 2.24) is 0 Å². The fourth-order valence-electron chi connectivity index (χ4n) is 4.05. The Morgan fingerprint density at radius 2 is 2.04 bits per heavy atom. The van der Waals surface area contributed by atoms with Crippen molar-refractivity contribution in [3.05, 3.63) is 12.2 Å². The third-order valence-corrected chi connectivity index (χ3v) is 7.12. The molecule has 27 heavy (non-hydrogen) atoms. The molecule has 154 valence electrons. The summed E-state index contributed by atoms with van der Waals surface area (Å²) in [6.07, 6.45) is -0.739. The number of carbonyl (C=O) groups excluding carboxylic acids is 2. The number of esters is 2. The molecule has 2 bridgehead atoms. The van der Waals surface area contributed by atoms with E-state index in [9.17, 15) is 23.8 Å². The van der Waals surface area contributed by atoms with Crippen molar-refractivity contribution in [3.63, 3.8) is 0 Å². The van der Waals surface area contributed by atoms with E-state index >= 15 is 0 Å². The normalized spacial score (nSPS) is 34.9. The predicted octanol–water partition coefficient (Wildman–Crippen LogP) is 1.61. The van der Waals surface area contributed by atoms with Gasteiger partial charge in [-0.25, -0.2) is 4.79 Å². The van der Waals surface area contributed by atoms with Crippen molar-refractivity contribution >= 4 is 22.8 Å². The molecular weight excluding hydrogens is 380 g/mol. The van der Waals surface area contributed by atoms with Crippen LogP contribution in [0.4, 0.5) is 0 Å². The summed E-state index contributed by atoms with van der Waals surface area (Å²) in [5, 5.41) is 9.50. The highest BCUT2D eigenvalue weighted by Crippen LogP contribution is 2.69. The van der Waals surface area contributed by atoms with E-state index in [4.69, 9.17) is 18.4 Å². The lowest BCUT2D eigenvalue weighted by Crippen LogP contribution is -2.37. The van der Waals surface area contributed by atoms with Crippen molar-refractivity contribution in [2.75, 3.05) is 13.2 Å². The summed E-state index contributed by atoms with van der Waals surface area (Å²) in [7, 11) is -3.04. The Bertz CT molecular complexity index is 607. The quantitative estimate of drug-likeness (QED) is 0.226. The van der Waals surface area contributed by atoms with Crippen LogP contribution in [0.1, 0.15) is 32.6 Å². The van der Waals surface area contributed by atoms with Gasteiger partial charge in [-0.05, 0) is 19.8 Å². The Balaban J connectivity index is 1.34. The summed E-state index contributed by atoms with van der Waals surface area (Å²) in [6, 6.07) is 0. The Morgan fingerprint density at radius 1 is 1.30 bits per heavy atom. The van der Waals surface area contributed by atoms with Gasteiger partial charge < -0.3 is 28.4 Å². The minimum atomic E-state index is -3.04. The zero-order chi connectivity index (χ0) is 19.8. The number of carbonyl (C=O) groups is 2. The molecule has 0 aromatic rings. The molecule has 3 aliphatic rings. The minimum Gasteiger partial charge on any atom is -0.460 e. The molecule has 1 saturated heterocycles. The van der Waals surface area contributed by atoms with Gasteiger partial charge in [0.1, 0.15) is 18.8 Å². The number of rotatable bonds is 9. The molecule has 3 N–H and O–H groups in total. The highest BCUT2D eigenvalue weighted by atomic mass is 32.3. The number of hydrogen-bond donors (Lipinski definition) is 3. The van der Waals surface area contributed by atoms with Gasteiger partial charge in [-0.1, -0.05) is 6.58 Å². The third kappa shape index (κ3) is 4.47. The predicted molar refractivity (Wildman–Crippen MR) is 94.6 cm³/mol. The van der Waals surface area contributed by atoms with Crippen LogP contribution >= 0.6 is 10.9 Å². The second-order valence-corrected chi connectivity index (χ2v) is 9.14. The van der Waals surface area contributed by atoms with E-state index < -0.39 is 41.3 Å². The Labute approximate surface area is 159 Å². The molecule has 3 rings (SSSR count). The maximum absolute atomic E-state index is 12.1. The monoisotopic (exact) mass is 406 g/mol. The van der Waals surface area contributed by atoms with Gasteiger partial charge >= 0.3 is 11.9 Å². The van der Waals surface area contributed by atoms with E-state index in [1.54, 1.807) is 0 Å². The SMILES string of the molecule is C=C(C)C(=O)OCCO[C@H](O)CCC(=O)OC1C2CC3C1OS(O)(O)C3C2. The van der Waals surface area contributed by atoms with E-state index in [1.165, 1.54) is 6.92 Å². The summed E-state index contributed by atoms with van der Waals surface area (Å²) in [6.45, 7) is 4.95. The first-order valence-electron chi connectivity index (χ1n) is 8.96. The third-order valence-electron chi connectivity index (χ3n) is 5.28. The van der Waals surface area contributed by atoms with Crippen molar-refractivity contribution in [2.45, 2.75) is 56.4 Å². The molecular formula is C17H26O9S. The second kappa shape index (κ2) is 8.06. The molecule has 10 heteroatoms. The van der Waals surface area contributed by atoms with E-state index in [-0.39, 0.29) is 48.7 Å². The van der Waals surface area contributed by atoms with Gasteiger partial charge in [0.15, 0.2) is 6.29 Å². The van der Waals surface area contributed by atoms with Gasteiger partial charge in [-0.3, -0.25) is 8.98 Å². The molecule has 5 unspecified atom stereocenters. The summed E-state index contributed by atoms with van der Waals surface area (Å²) < 4.78 is 40.6. The van der Waals surface area contributed by atoms with E-state index in [2.05, 4.69) is 6.58 Å². The van der Waals surface area contributed by atoms with Gasteiger partial charge in [0.05, 0.1) is 29.1 Å². The van der Waals surface area contributed by atoms with Crippen molar-refractivity contribution in [1.29, 1.82) is 0 Å². The van der Waals surface area contributed by atoms with Crippen LogP contribution in [0.15, 0.2) is 12.2 Å². The molecule has 2 aliphatic carbocycles. The summed E-state index contributed by atoms with van der Waals surface area (Å²) in [5.74, 6) is -0.900. The van der Waals surface area contributed by atoms with Crippen LogP contribution in [0.3, 0.4) is 0 Å². The number of ether oxygens (including phenoxy) is 3. The molecule has 0 amide bonds. The fourth-order valence-corrected chi connectivity index (χ4v) is 5.99. The average Bonchev–Trinajstić information content (AvgIpc) is 3.21. The first kappa shape index (κ1) is 20.6. The fraction of sp³-hybridized carbons (Fsp3) is 0.765. The molecule has 0 aromatic heterocycles. The van der Waals surface area contributed by atoms with Crippen LogP contribution < -0.4 is 0 Å². The summed E-state index contributed by atoms with van der Waals surface area (Å²) in [5.41, 5.74) is 0.276. The van der Waals surface area contributed by atoms with E-state index in [0.717, 1.165) is 6.42 Å². The maximum Gasteiger partial charge on any atom is 0.333 e. The number of aliphatic hydroxyl groups is 1. The molecule has 6 atom stereocenters. The lowest BCUT2D eigenvalue weighted by Gasteiger charge is -2.26. The molecule has 2 saturated carbocycles. The van der Waals surface area contributed by atoms with Gasteiger partial charge in [0.25, 0.3) is 0 Å². The topological polar surface area (TPSA) is 132 Å². The minimum absolute atomic E-state index is 0.00320. The Morgan fingerprint density at radius 3 is 2.74 bits per heavy atom. The summed E-state index contributed by atoms with van der Waals surface area (Å²) in [4.78, 5) is 23.2. The van der Waals surface area contributed by atoms with Crippen LogP contribution in [0, 0.1) is 11.8 Å². The maximum atomic E-state index is 12.1. The lowest BCUT2D eigenvalue weighted by molar-refractivity contribution is -0.161. The highest BCUT2D eigenvalue weighted by molar-refractivity contribution is 8.21. The molecule has 0 spiro atoms. The molecule has 1 heterocycles. The number of fused-ring (bicyclic) bond motifs is 1. The second-order valence-electron chi connectivity index (χ2n) is 7.27. The smallest absolute Gasteiger partial charge is 0.333 e. The highest BCUT2D eigenvalue weighted by Gasteiger charge is 2.66. The Kier molecular flexibility index (Phi) is 6.14. The molecule has 1 aliphatic heterocycles. The average molecular weight is 406 g/mol. The first-order valence-corrected chi connectivity index (χ1v) is 10.5. The zero-order valence-electron chi connectivity index (χ0n) is 15.1. The standard InChI is InChI=1S/C17H26O9S/c1-9(2)17(20)24-6-5-23-13(18)3-4-14(19)25-15-10-7-11-12(8-10)27(21,22)26-16(11)15/h10-13,15-16,18,21-22H,1,3-8H2,2H3/t10?,11?,12?,13-,15?,16?/m0/s1. The van der Waals surface area contributed by atoms with Crippen molar-refractivity contribution in [3.8, 4) is 0 Å². The van der Waals surface area contributed by atoms with Gasteiger partial charge in [0.2, 0.25) is 0 Å². The van der Waals surface area contributed by atoms with Gasteiger partial charge in [-0.2, -0.15) is 0 Å². The first-order chi connectivity index (χ1) is 12.7. The van der Waals surface area contributed by atoms with Crippen LogP contribution in [-0.4, -0.2) is 63.1 Å². The number of hydrogen-bond acceptors (Lipinski definition) is 9. The van der Waals surface area contributed by atoms with Crippen molar-refractivity contribution < 1.29 is 42.2 Å².